The maximum Gasteiger partial charge on any atom is 0.265 e. The summed E-state index contributed by atoms with van der Waals surface area (Å²) in [6.45, 7) is 4.00. The van der Waals surface area contributed by atoms with Crippen LogP contribution in [0.4, 0.5) is 5.69 Å². The molecule has 0 radical (unpaired) electrons. The van der Waals surface area contributed by atoms with E-state index < -0.39 is 6.10 Å². The molecule has 3 aromatic carbocycles. The zero-order valence-corrected chi connectivity index (χ0v) is 15.2. The molecule has 4 rings (SSSR count). The van der Waals surface area contributed by atoms with Gasteiger partial charge in [-0.25, -0.2) is 0 Å². The Labute approximate surface area is 154 Å². The van der Waals surface area contributed by atoms with Crippen molar-refractivity contribution in [3.63, 3.8) is 0 Å². The number of hydrogen-bond donors (Lipinski definition) is 1. The van der Waals surface area contributed by atoms with Crippen LogP contribution in [0.15, 0.2) is 54.6 Å². The monoisotopic (exact) mass is 345 g/mol. The highest BCUT2D eigenvalue weighted by atomic mass is 16.5. The highest BCUT2D eigenvalue weighted by molar-refractivity contribution is 6.06. The Kier molecular flexibility index (Phi) is 4.37. The van der Waals surface area contributed by atoms with E-state index in [4.69, 9.17) is 4.74 Å². The van der Waals surface area contributed by atoms with Crippen LogP contribution in [-0.2, 0) is 17.6 Å². The van der Waals surface area contributed by atoms with Crippen molar-refractivity contribution < 1.29 is 9.53 Å². The van der Waals surface area contributed by atoms with Crippen LogP contribution >= 0.6 is 0 Å². The van der Waals surface area contributed by atoms with E-state index in [0.717, 1.165) is 29.7 Å². The second-order valence-electron chi connectivity index (χ2n) is 6.93. The molecule has 1 aliphatic rings. The summed E-state index contributed by atoms with van der Waals surface area (Å²) in [5, 5.41) is 5.51. The van der Waals surface area contributed by atoms with Crippen LogP contribution in [0.5, 0.6) is 5.75 Å². The van der Waals surface area contributed by atoms with E-state index >= 15 is 0 Å². The molecule has 0 spiro atoms. The summed E-state index contributed by atoms with van der Waals surface area (Å²) in [5.41, 5.74) is 4.78. The van der Waals surface area contributed by atoms with Gasteiger partial charge in [0.2, 0.25) is 0 Å². The fourth-order valence-corrected chi connectivity index (χ4v) is 3.67. The third-order valence-electron chi connectivity index (χ3n) is 5.10. The zero-order valence-electron chi connectivity index (χ0n) is 15.2. The standard InChI is InChI=1S/C23H23NO2/c1-3-21(26-18-12-7-15(2)8-13-18)23(25)24-20-14-11-17-10-9-16-5-4-6-19(20)22(16)17/h4-8,11-14,21H,3,9-10H2,1-2H3,(H,24,25)/t21-/m1/s1. The van der Waals surface area contributed by atoms with Crippen molar-refractivity contribution in [2.75, 3.05) is 5.32 Å². The van der Waals surface area contributed by atoms with Gasteiger partial charge in [0.05, 0.1) is 0 Å². The topological polar surface area (TPSA) is 38.3 Å². The smallest absolute Gasteiger partial charge is 0.265 e. The zero-order chi connectivity index (χ0) is 18.1. The number of carbonyl (C=O) groups excluding carboxylic acids is 1. The van der Waals surface area contributed by atoms with Crippen LogP contribution in [0.2, 0.25) is 0 Å². The average Bonchev–Trinajstić information content (AvgIpc) is 3.08. The summed E-state index contributed by atoms with van der Waals surface area (Å²) in [7, 11) is 0. The Balaban J connectivity index is 1.57. The van der Waals surface area contributed by atoms with E-state index in [1.54, 1.807) is 0 Å². The highest BCUT2D eigenvalue weighted by Crippen LogP contribution is 2.35. The van der Waals surface area contributed by atoms with Crippen molar-refractivity contribution in [1.29, 1.82) is 0 Å². The van der Waals surface area contributed by atoms with E-state index in [0.29, 0.717) is 6.42 Å². The fourth-order valence-electron chi connectivity index (χ4n) is 3.67. The molecule has 1 amide bonds. The van der Waals surface area contributed by atoms with Crippen LogP contribution in [0, 0.1) is 6.92 Å². The first-order valence-electron chi connectivity index (χ1n) is 9.23. The SMILES string of the molecule is CC[C@@H](Oc1ccc(C)cc1)C(=O)Nc1ccc2c3c(cccc13)CC2. The van der Waals surface area contributed by atoms with Crippen LogP contribution in [0.25, 0.3) is 10.8 Å². The lowest BCUT2D eigenvalue weighted by molar-refractivity contribution is -0.122. The van der Waals surface area contributed by atoms with Crippen molar-refractivity contribution in [1.82, 2.24) is 0 Å². The first-order chi connectivity index (χ1) is 12.7. The molecule has 1 aliphatic carbocycles. The van der Waals surface area contributed by atoms with Crippen LogP contribution in [0.1, 0.15) is 30.0 Å². The largest absolute Gasteiger partial charge is 0.481 e. The molecule has 3 heteroatoms. The Morgan fingerprint density at radius 1 is 1.04 bits per heavy atom. The summed E-state index contributed by atoms with van der Waals surface area (Å²) in [6, 6.07) is 18.3. The molecule has 0 saturated carbocycles. The number of hydrogen-bond acceptors (Lipinski definition) is 2. The number of ether oxygens (including phenoxy) is 1. The number of aryl methyl sites for hydroxylation is 3. The van der Waals surface area contributed by atoms with Crippen LogP contribution < -0.4 is 10.1 Å². The van der Waals surface area contributed by atoms with Gasteiger partial charge in [-0.05, 0) is 60.9 Å². The van der Waals surface area contributed by atoms with Gasteiger partial charge in [0, 0.05) is 11.1 Å². The average molecular weight is 345 g/mol. The fraction of sp³-hybridized carbons (Fsp3) is 0.261. The lowest BCUT2D eigenvalue weighted by Gasteiger charge is -2.18. The maximum atomic E-state index is 12.8. The number of anilines is 1. The van der Waals surface area contributed by atoms with Gasteiger partial charge in [-0.3, -0.25) is 4.79 Å². The Morgan fingerprint density at radius 3 is 2.50 bits per heavy atom. The van der Waals surface area contributed by atoms with Crippen molar-refractivity contribution in [3.8, 4) is 5.75 Å². The lowest BCUT2D eigenvalue weighted by atomic mass is 10.0. The van der Waals surface area contributed by atoms with Gasteiger partial charge in [-0.2, -0.15) is 0 Å². The van der Waals surface area contributed by atoms with E-state index in [1.165, 1.54) is 22.1 Å². The van der Waals surface area contributed by atoms with E-state index in [9.17, 15) is 4.79 Å². The molecule has 132 valence electrons. The number of carbonyl (C=O) groups is 1. The van der Waals surface area contributed by atoms with Gasteiger partial charge in [-0.15, -0.1) is 0 Å². The number of amides is 1. The molecule has 3 aromatic rings. The van der Waals surface area contributed by atoms with Crippen molar-refractivity contribution in [2.45, 2.75) is 39.2 Å². The van der Waals surface area contributed by atoms with Crippen LogP contribution in [0.3, 0.4) is 0 Å². The minimum Gasteiger partial charge on any atom is -0.481 e. The van der Waals surface area contributed by atoms with Gasteiger partial charge in [0.15, 0.2) is 6.10 Å². The molecule has 0 fully saturated rings. The molecular formula is C23H23NO2. The van der Waals surface area contributed by atoms with Crippen molar-refractivity contribution in [3.05, 3.63) is 71.3 Å². The minimum absolute atomic E-state index is 0.105. The van der Waals surface area contributed by atoms with Gasteiger partial charge in [0.25, 0.3) is 5.91 Å². The van der Waals surface area contributed by atoms with Gasteiger partial charge >= 0.3 is 0 Å². The Hall–Kier alpha value is -2.81. The summed E-state index contributed by atoms with van der Waals surface area (Å²) < 4.78 is 5.91. The quantitative estimate of drug-likeness (QED) is 0.703. The van der Waals surface area contributed by atoms with Crippen molar-refractivity contribution in [2.24, 2.45) is 0 Å². The molecule has 0 aliphatic heterocycles. The summed E-state index contributed by atoms with van der Waals surface area (Å²) in [4.78, 5) is 12.8. The third-order valence-corrected chi connectivity index (χ3v) is 5.10. The van der Waals surface area contributed by atoms with Gasteiger partial charge in [0.1, 0.15) is 5.75 Å². The molecule has 0 heterocycles. The minimum atomic E-state index is -0.513. The summed E-state index contributed by atoms with van der Waals surface area (Å²) in [6.07, 6.45) is 2.26. The van der Waals surface area contributed by atoms with Gasteiger partial charge in [-0.1, -0.05) is 48.9 Å². The summed E-state index contributed by atoms with van der Waals surface area (Å²) >= 11 is 0. The van der Waals surface area contributed by atoms with Gasteiger partial charge < -0.3 is 10.1 Å². The lowest BCUT2D eigenvalue weighted by Crippen LogP contribution is -2.32. The predicted octanol–water partition coefficient (Wildman–Crippen LogP) is 5.04. The van der Waals surface area contributed by atoms with E-state index in [2.05, 4.69) is 29.6 Å². The molecule has 0 bridgehead atoms. The first-order valence-corrected chi connectivity index (χ1v) is 9.23. The maximum absolute atomic E-state index is 12.8. The summed E-state index contributed by atoms with van der Waals surface area (Å²) in [5.74, 6) is 0.616. The van der Waals surface area contributed by atoms with E-state index in [1.807, 2.05) is 44.2 Å². The highest BCUT2D eigenvalue weighted by Gasteiger charge is 2.21. The molecule has 0 aromatic heterocycles. The Bertz CT molecular complexity index is 950. The molecule has 26 heavy (non-hydrogen) atoms. The normalized spacial score (nSPS) is 13.6. The van der Waals surface area contributed by atoms with E-state index in [-0.39, 0.29) is 5.91 Å². The number of nitrogens with one attached hydrogen (secondary N) is 1. The molecule has 1 N–H and O–H groups in total. The van der Waals surface area contributed by atoms with Crippen molar-refractivity contribution >= 4 is 22.4 Å². The third kappa shape index (κ3) is 3.05. The molecular weight excluding hydrogens is 322 g/mol. The molecule has 1 atom stereocenters. The Morgan fingerprint density at radius 2 is 1.77 bits per heavy atom. The molecule has 0 unspecified atom stereocenters. The number of rotatable bonds is 5. The molecule has 0 saturated heterocycles. The van der Waals surface area contributed by atoms with Crippen LogP contribution in [-0.4, -0.2) is 12.0 Å². The second-order valence-corrected chi connectivity index (χ2v) is 6.93. The predicted molar refractivity (Wildman–Crippen MR) is 106 cm³/mol. The second kappa shape index (κ2) is 6.83. The molecule has 3 nitrogen and oxygen atoms in total. The number of benzene rings is 3. The first kappa shape index (κ1) is 16.6.